The fourth-order valence-corrected chi connectivity index (χ4v) is 3.67. The number of benzene rings is 2. The van der Waals surface area contributed by atoms with E-state index in [0.29, 0.717) is 19.5 Å². The predicted octanol–water partition coefficient (Wildman–Crippen LogP) is 2.42. The van der Waals surface area contributed by atoms with Crippen molar-refractivity contribution in [3.63, 3.8) is 0 Å². The molecule has 6 nitrogen and oxygen atoms in total. The third kappa shape index (κ3) is 3.48. The van der Waals surface area contributed by atoms with Crippen LogP contribution < -0.4 is 5.73 Å². The molecule has 0 spiro atoms. The van der Waals surface area contributed by atoms with Gasteiger partial charge in [0.1, 0.15) is 0 Å². The molecule has 0 radical (unpaired) electrons. The molecule has 2 aromatic carbocycles. The average molecular weight is 361 g/mol. The minimum Gasteiger partial charge on any atom is -0.332 e. The highest BCUT2D eigenvalue weighted by molar-refractivity contribution is 5.82. The maximum Gasteiger partial charge on any atom is 0.240 e. The zero-order valence-electron chi connectivity index (χ0n) is 15.3. The van der Waals surface area contributed by atoms with Crippen LogP contribution in [0.4, 0.5) is 0 Å². The van der Waals surface area contributed by atoms with Gasteiger partial charge in [0.15, 0.2) is 11.6 Å². The summed E-state index contributed by atoms with van der Waals surface area (Å²) in [7, 11) is 0. The number of fused-ring (bicyclic) bond motifs is 1. The van der Waals surface area contributed by atoms with Crippen LogP contribution in [0, 0.1) is 0 Å². The number of rotatable bonds is 4. The second kappa shape index (κ2) is 7.32. The molecule has 3 aromatic rings. The minimum absolute atomic E-state index is 0.0405. The molecule has 27 heavy (non-hydrogen) atoms. The third-order valence-electron chi connectivity index (χ3n) is 4.98. The monoisotopic (exact) mass is 361 g/mol. The van der Waals surface area contributed by atoms with E-state index in [9.17, 15) is 4.79 Å². The van der Waals surface area contributed by atoms with Crippen LogP contribution >= 0.6 is 0 Å². The van der Waals surface area contributed by atoms with E-state index < -0.39 is 6.04 Å². The zero-order valence-corrected chi connectivity index (χ0v) is 15.3. The van der Waals surface area contributed by atoms with Gasteiger partial charge in [-0.3, -0.25) is 4.79 Å². The maximum atomic E-state index is 12.9. The molecule has 0 saturated carbocycles. The fourth-order valence-electron chi connectivity index (χ4n) is 3.67. The Morgan fingerprint density at radius 3 is 2.48 bits per heavy atom. The standard InChI is InChI=1S/C21H23N5O/c1-15-13-25(21(27)18(22)12-16-8-4-2-5-9-16)14-19-23-24-20(26(15)19)17-10-6-3-7-11-17/h2-11,15,18H,12-14,22H2,1H3/t15-,18-/m0/s1. The lowest BCUT2D eigenvalue weighted by atomic mass is 10.0. The molecule has 1 aromatic heterocycles. The number of nitrogens with zero attached hydrogens (tertiary/aromatic N) is 4. The molecule has 0 aliphatic carbocycles. The van der Waals surface area contributed by atoms with Crippen molar-refractivity contribution in [2.75, 3.05) is 6.54 Å². The van der Waals surface area contributed by atoms with E-state index in [1.54, 1.807) is 4.90 Å². The number of amides is 1. The average Bonchev–Trinajstić information content (AvgIpc) is 3.13. The summed E-state index contributed by atoms with van der Waals surface area (Å²) < 4.78 is 2.13. The van der Waals surface area contributed by atoms with E-state index in [1.165, 1.54) is 0 Å². The molecule has 138 valence electrons. The molecule has 4 rings (SSSR count). The molecule has 2 heterocycles. The lowest BCUT2D eigenvalue weighted by Gasteiger charge is -2.34. The molecular formula is C21H23N5O. The Hall–Kier alpha value is -2.99. The van der Waals surface area contributed by atoms with Crippen LogP contribution in [0.5, 0.6) is 0 Å². The smallest absolute Gasteiger partial charge is 0.240 e. The van der Waals surface area contributed by atoms with Gasteiger partial charge in [0.05, 0.1) is 18.6 Å². The largest absolute Gasteiger partial charge is 0.332 e. The van der Waals surface area contributed by atoms with Crippen molar-refractivity contribution in [1.29, 1.82) is 0 Å². The van der Waals surface area contributed by atoms with Crippen molar-refractivity contribution in [3.05, 3.63) is 72.1 Å². The molecule has 0 saturated heterocycles. The van der Waals surface area contributed by atoms with Crippen LogP contribution in [0.25, 0.3) is 11.4 Å². The second-order valence-corrected chi connectivity index (χ2v) is 7.04. The van der Waals surface area contributed by atoms with E-state index in [-0.39, 0.29) is 11.9 Å². The molecule has 1 amide bonds. The van der Waals surface area contributed by atoms with Gasteiger partial charge in [-0.1, -0.05) is 60.7 Å². The Balaban J connectivity index is 1.52. The number of hydrogen-bond donors (Lipinski definition) is 1. The maximum absolute atomic E-state index is 12.9. The summed E-state index contributed by atoms with van der Waals surface area (Å²) in [6.07, 6.45) is 0.534. The second-order valence-electron chi connectivity index (χ2n) is 7.04. The highest BCUT2D eigenvalue weighted by Gasteiger charge is 2.31. The van der Waals surface area contributed by atoms with Crippen molar-refractivity contribution in [2.45, 2.75) is 32.0 Å². The molecule has 2 atom stereocenters. The summed E-state index contributed by atoms with van der Waals surface area (Å²) in [6.45, 7) is 3.12. The van der Waals surface area contributed by atoms with E-state index >= 15 is 0 Å². The van der Waals surface area contributed by atoms with Gasteiger partial charge in [-0.15, -0.1) is 10.2 Å². The summed E-state index contributed by atoms with van der Waals surface area (Å²) in [5, 5.41) is 8.71. The Morgan fingerprint density at radius 2 is 1.78 bits per heavy atom. The highest BCUT2D eigenvalue weighted by Crippen LogP contribution is 2.27. The summed E-state index contributed by atoms with van der Waals surface area (Å²) in [5.74, 6) is 1.60. The highest BCUT2D eigenvalue weighted by atomic mass is 16.2. The number of carbonyl (C=O) groups is 1. The molecule has 0 fully saturated rings. The molecular weight excluding hydrogens is 338 g/mol. The summed E-state index contributed by atoms with van der Waals surface area (Å²) in [5.41, 5.74) is 8.31. The van der Waals surface area contributed by atoms with Gasteiger partial charge in [-0.25, -0.2) is 0 Å². The molecule has 2 N–H and O–H groups in total. The van der Waals surface area contributed by atoms with Gasteiger partial charge in [0.25, 0.3) is 0 Å². The lowest BCUT2D eigenvalue weighted by molar-refractivity contribution is -0.134. The van der Waals surface area contributed by atoms with E-state index in [0.717, 1.165) is 22.8 Å². The van der Waals surface area contributed by atoms with Crippen molar-refractivity contribution in [3.8, 4) is 11.4 Å². The van der Waals surface area contributed by atoms with Crippen LogP contribution in [-0.2, 0) is 17.8 Å². The summed E-state index contributed by atoms with van der Waals surface area (Å²) in [4.78, 5) is 14.7. The fraction of sp³-hybridized carbons (Fsp3) is 0.286. The first-order chi connectivity index (χ1) is 13.1. The Bertz CT molecular complexity index is 922. The Kier molecular flexibility index (Phi) is 4.73. The van der Waals surface area contributed by atoms with Crippen LogP contribution in [0.15, 0.2) is 60.7 Å². The molecule has 6 heteroatoms. The first kappa shape index (κ1) is 17.4. The van der Waals surface area contributed by atoms with Gasteiger partial charge in [-0.05, 0) is 18.9 Å². The zero-order chi connectivity index (χ0) is 18.8. The predicted molar refractivity (Wildman–Crippen MR) is 104 cm³/mol. The van der Waals surface area contributed by atoms with Crippen LogP contribution in [0.2, 0.25) is 0 Å². The molecule has 0 unspecified atom stereocenters. The van der Waals surface area contributed by atoms with E-state index in [1.807, 2.05) is 60.7 Å². The van der Waals surface area contributed by atoms with Gasteiger partial charge < -0.3 is 15.2 Å². The van der Waals surface area contributed by atoms with Crippen LogP contribution in [0.3, 0.4) is 0 Å². The van der Waals surface area contributed by atoms with Gasteiger partial charge in [-0.2, -0.15) is 0 Å². The SMILES string of the molecule is C[C@H]1CN(C(=O)[C@@H](N)Cc2ccccc2)Cc2nnc(-c3ccccc3)n21. The quantitative estimate of drug-likeness (QED) is 0.774. The van der Waals surface area contributed by atoms with Gasteiger partial charge in [0, 0.05) is 12.1 Å². The van der Waals surface area contributed by atoms with Crippen molar-refractivity contribution in [2.24, 2.45) is 5.73 Å². The summed E-state index contributed by atoms with van der Waals surface area (Å²) >= 11 is 0. The number of carbonyl (C=O) groups excluding carboxylic acids is 1. The van der Waals surface area contributed by atoms with Gasteiger partial charge in [0.2, 0.25) is 5.91 Å². The molecule has 1 aliphatic heterocycles. The van der Waals surface area contributed by atoms with Crippen molar-refractivity contribution in [1.82, 2.24) is 19.7 Å². The summed E-state index contributed by atoms with van der Waals surface area (Å²) in [6, 6.07) is 19.4. The molecule has 0 bridgehead atoms. The van der Waals surface area contributed by atoms with E-state index in [4.69, 9.17) is 5.73 Å². The number of hydrogen-bond acceptors (Lipinski definition) is 4. The Labute approximate surface area is 158 Å². The normalized spacial score (nSPS) is 17.4. The topological polar surface area (TPSA) is 77.0 Å². The molecule has 1 aliphatic rings. The van der Waals surface area contributed by atoms with E-state index in [2.05, 4.69) is 21.7 Å². The number of aromatic nitrogens is 3. The van der Waals surface area contributed by atoms with Crippen LogP contribution in [0.1, 0.15) is 24.4 Å². The Morgan fingerprint density at radius 1 is 1.11 bits per heavy atom. The number of nitrogens with two attached hydrogens (primary N) is 1. The van der Waals surface area contributed by atoms with Crippen LogP contribution in [-0.4, -0.2) is 38.2 Å². The minimum atomic E-state index is -0.553. The first-order valence-electron chi connectivity index (χ1n) is 9.21. The third-order valence-corrected chi connectivity index (χ3v) is 4.98. The van der Waals surface area contributed by atoms with Gasteiger partial charge >= 0.3 is 0 Å². The lowest BCUT2D eigenvalue weighted by Crippen LogP contribution is -2.48. The first-order valence-corrected chi connectivity index (χ1v) is 9.21. The van der Waals surface area contributed by atoms with Crippen molar-refractivity contribution >= 4 is 5.91 Å². The van der Waals surface area contributed by atoms with Crippen molar-refractivity contribution < 1.29 is 4.79 Å².